The van der Waals surface area contributed by atoms with Crippen molar-refractivity contribution in [3.05, 3.63) is 47.3 Å². The molecule has 1 aromatic carbocycles. The second kappa shape index (κ2) is 6.78. The Kier molecular flexibility index (Phi) is 4.80. The Morgan fingerprint density at radius 1 is 1.35 bits per heavy atom. The van der Waals surface area contributed by atoms with E-state index in [1.54, 1.807) is 7.11 Å². The summed E-state index contributed by atoms with van der Waals surface area (Å²) in [6.45, 7) is 2.69. The summed E-state index contributed by atoms with van der Waals surface area (Å²) in [4.78, 5) is 0. The van der Waals surface area contributed by atoms with Crippen LogP contribution in [0.3, 0.4) is 0 Å². The van der Waals surface area contributed by atoms with Gasteiger partial charge in [-0.1, -0.05) is 11.8 Å². The van der Waals surface area contributed by atoms with Gasteiger partial charge < -0.3 is 9.84 Å². The zero-order valence-corrected chi connectivity index (χ0v) is 11.8. The second-order valence-corrected chi connectivity index (χ2v) is 4.46. The summed E-state index contributed by atoms with van der Waals surface area (Å²) in [5, 5.41) is 13.1. The Bertz CT molecular complexity index is 635. The lowest BCUT2D eigenvalue weighted by molar-refractivity contribution is 0.305. The first kappa shape index (κ1) is 14.2. The van der Waals surface area contributed by atoms with Gasteiger partial charge in [0.25, 0.3) is 0 Å². The average Bonchev–Trinajstić information content (AvgIpc) is 2.85. The van der Waals surface area contributed by atoms with Crippen LogP contribution in [-0.4, -0.2) is 28.6 Å². The molecule has 0 atom stereocenters. The smallest absolute Gasteiger partial charge is 0.124 e. The van der Waals surface area contributed by atoms with Gasteiger partial charge in [0.2, 0.25) is 0 Å². The summed E-state index contributed by atoms with van der Waals surface area (Å²) >= 11 is 0. The lowest BCUT2D eigenvalue weighted by atomic mass is 10.1. The molecule has 20 heavy (non-hydrogen) atoms. The fourth-order valence-corrected chi connectivity index (χ4v) is 1.93. The number of aliphatic hydroxyl groups excluding tert-OH is 1. The lowest BCUT2D eigenvalue weighted by Crippen LogP contribution is -2.03. The molecule has 0 amide bonds. The first-order chi connectivity index (χ1) is 9.72. The molecule has 0 bridgehead atoms. The van der Waals surface area contributed by atoms with Crippen LogP contribution < -0.4 is 4.74 Å². The average molecular weight is 270 g/mol. The summed E-state index contributed by atoms with van der Waals surface area (Å²) < 4.78 is 7.25. The predicted octanol–water partition coefficient (Wildman–Crippen LogP) is 1.98. The quantitative estimate of drug-likeness (QED) is 0.864. The molecule has 1 aromatic heterocycles. The Hall–Kier alpha value is -2.25. The SMILES string of the molecule is COc1ccc(C#CCCO)cc1Cn1ccc(C)n1. The second-order valence-electron chi connectivity index (χ2n) is 4.46. The van der Waals surface area contributed by atoms with Crippen LogP contribution in [0.5, 0.6) is 5.75 Å². The molecule has 0 aliphatic heterocycles. The Morgan fingerprint density at radius 3 is 2.85 bits per heavy atom. The molecule has 1 N–H and O–H groups in total. The van der Waals surface area contributed by atoms with E-state index in [4.69, 9.17) is 9.84 Å². The largest absolute Gasteiger partial charge is 0.496 e. The third kappa shape index (κ3) is 3.62. The van der Waals surface area contributed by atoms with Crippen LogP contribution in [0.15, 0.2) is 30.5 Å². The third-order valence-electron chi connectivity index (χ3n) is 2.86. The van der Waals surface area contributed by atoms with Crippen molar-refractivity contribution in [3.8, 4) is 17.6 Å². The van der Waals surface area contributed by atoms with E-state index in [2.05, 4.69) is 16.9 Å². The van der Waals surface area contributed by atoms with Crippen LogP contribution in [0, 0.1) is 18.8 Å². The Morgan fingerprint density at radius 2 is 2.20 bits per heavy atom. The molecular formula is C16H18N2O2. The Labute approximate surface area is 119 Å². The van der Waals surface area contributed by atoms with Crippen LogP contribution in [0.2, 0.25) is 0 Å². The molecule has 4 nitrogen and oxygen atoms in total. The van der Waals surface area contributed by atoms with Gasteiger partial charge in [0, 0.05) is 23.7 Å². The normalized spacial score (nSPS) is 9.95. The molecule has 0 aliphatic carbocycles. The van der Waals surface area contributed by atoms with Crippen LogP contribution in [0.1, 0.15) is 23.2 Å². The number of nitrogens with zero attached hydrogens (tertiary/aromatic N) is 2. The summed E-state index contributed by atoms with van der Waals surface area (Å²) in [6, 6.07) is 7.80. The molecule has 4 heteroatoms. The molecule has 0 aliphatic rings. The van der Waals surface area contributed by atoms with Crippen LogP contribution >= 0.6 is 0 Å². The highest BCUT2D eigenvalue weighted by atomic mass is 16.5. The predicted molar refractivity (Wildman–Crippen MR) is 77.6 cm³/mol. The Balaban J connectivity index is 2.25. The lowest BCUT2D eigenvalue weighted by Gasteiger charge is -2.09. The fraction of sp³-hybridized carbons (Fsp3) is 0.312. The number of benzene rings is 1. The number of ether oxygens (including phenoxy) is 1. The van der Waals surface area contributed by atoms with Crippen molar-refractivity contribution >= 4 is 0 Å². The number of aliphatic hydroxyl groups is 1. The zero-order valence-electron chi connectivity index (χ0n) is 11.8. The first-order valence-electron chi connectivity index (χ1n) is 6.49. The number of rotatable bonds is 4. The topological polar surface area (TPSA) is 47.3 Å². The fourth-order valence-electron chi connectivity index (χ4n) is 1.93. The van der Waals surface area contributed by atoms with Gasteiger partial charge in [-0.05, 0) is 31.2 Å². The van der Waals surface area contributed by atoms with Crippen LogP contribution in [0.25, 0.3) is 0 Å². The molecule has 0 saturated heterocycles. The van der Waals surface area contributed by atoms with Gasteiger partial charge in [-0.3, -0.25) is 4.68 Å². The molecule has 0 spiro atoms. The number of aromatic nitrogens is 2. The molecule has 0 unspecified atom stereocenters. The van der Waals surface area contributed by atoms with E-state index >= 15 is 0 Å². The van der Waals surface area contributed by atoms with E-state index in [0.29, 0.717) is 13.0 Å². The molecule has 0 fully saturated rings. The number of methoxy groups -OCH3 is 1. The first-order valence-corrected chi connectivity index (χ1v) is 6.49. The minimum absolute atomic E-state index is 0.0859. The van der Waals surface area contributed by atoms with Gasteiger partial charge >= 0.3 is 0 Å². The van der Waals surface area contributed by atoms with Crippen molar-refractivity contribution < 1.29 is 9.84 Å². The highest BCUT2D eigenvalue weighted by Crippen LogP contribution is 2.20. The highest BCUT2D eigenvalue weighted by molar-refractivity contribution is 5.44. The molecule has 0 saturated carbocycles. The standard InChI is InChI=1S/C16H18N2O2/c1-13-8-9-18(17-13)12-15-11-14(5-3-4-10-19)6-7-16(15)20-2/h6-9,11,19H,4,10,12H2,1-2H3. The van der Waals surface area contributed by atoms with Crippen molar-refractivity contribution in [2.75, 3.05) is 13.7 Å². The van der Waals surface area contributed by atoms with E-state index in [1.165, 1.54) is 0 Å². The van der Waals surface area contributed by atoms with E-state index < -0.39 is 0 Å². The van der Waals surface area contributed by atoms with Gasteiger partial charge in [-0.25, -0.2) is 0 Å². The molecule has 2 aromatic rings. The van der Waals surface area contributed by atoms with Gasteiger partial charge in [0.05, 0.1) is 26.0 Å². The van der Waals surface area contributed by atoms with Crippen LogP contribution in [-0.2, 0) is 6.54 Å². The molecule has 1 heterocycles. The van der Waals surface area contributed by atoms with Gasteiger partial charge in [-0.2, -0.15) is 5.10 Å². The molecule has 0 radical (unpaired) electrons. The van der Waals surface area contributed by atoms with Crippen molar-refractivity contribution in [3.63, 3.8) is 0 Å². The summed E-state index contributed by atoms with van der Waals surface area (Å²) in [6.07, 6.45) is 2.43. The maximum absolute atomic E-state index is 8.74. The van der Waals surface area contributed by atoms with Gasteiger partial charge in [-0.15, -0.1) is 0 Å². The number of hydrogen-bond acceptors (Lipinski definition) is 3. The number of aryl methyl sites for hydroxylation is 1. The highest BCUT2D eigenvalue weighted by Gasteiger charge is 2.05. The minimum Gasteiger partial charge on any atom is -0.496 e. The van der Waals surface area contributed by atoms with Crippen molar-refractivity contribution in [1.82, 2.24) is 9.78 Å². The summed E-state index contributed by atoms with van der Waals surface area (Å²) in [7, 11) is 1.66. The van der Waals surface area contributed by atoms with E-state index in [9.17, 15) is 0 Å². The number of hydrogen-bond donors (Lipinski definition) is 1. The van der Waals surface area contributed by atoms with Crippen LogP contribution in [0.4, 0.5) is 0 Å². The molecule has 2 rings (SSSR count). The summed E-state index contributed by atoms with van der Waals surface area (Å²) in [5.41, 5.74) is 2.94. The van der Waals surface area contributed by atoms with E-state index in [0.717, 1.165) is 22.6 Å². The molecule has 104 valence electrons. The maximum Gasteiger partial charge on any atom is 0.124 e. The third-order valence-corrected chi connectivity index (χ3v) is 2.86. The van der Waals surface area contributed by atoms with Gasteiger partial charge in [0.15, 0.2) is 0 Å². The molecular weight excluding hydrogens is 252 g/mol. The van der Waals surface area contributed by atoms with Crippen molar-refractivity contribution in [1.29, 1.82) is 0 Å². The van der Waals surface area contributed by atoms with E-state index in [1.807, 2.05) is 42.1 Å². The zero-order chi connectivity index (χ0) is 14.4. The maximum atomic E-state index is 8.74. The van der Waals surface area contributed by atoms with E-state index in [-0.39, 0.29) is 6.61 Å². The van der Waals surface area contributed by atoms with Gasteiger partial charge in [0.1, 0.15) is 5.75 Å². The van der Waals surface area contributed by atoms with Crippen molar-refractivity contribution in [2.24, 2.45) is 0 Å². The van der Waals surface area contributed by atoms with Crippen molar-refractivity contribution in [2.45, 2.75) is 19.9 Å². The summed E-state index contributed by atoms with van der Waals surface area (Å²) in [5.74, 6) is 6.78. The monoisotopic (exact) mass is 270 g/mol. The minimum atomic E-state index is 0.0859.